The number of thiazole rings is 1. The van der Waals surface area contributed by atoms with Gasteiger partial charge in [-0.1, -0.05) is 6.92 Å². The van der Waals surface area contributed by atoms with E-state index in [2.05, 4.69) is 27.4 Å². The van der Waals surface area contributed by atoms with Crippen LogP contribution in [0.1, 0.15) is 31.6 Å². The van der Waals surface area contributed by atoms with E-state index in [1.54, 1.807) is 18.3 Å². The van der Waals surface area contributed by atoms with Crippen LogP contribution in [0.4, 0.5) is 5.13 Å². The number of nitrogens with one attached hydrogen (secondary N) is 2. The summed E-state index contributed by atoms with van der Waals surface area (Å²) in [4.78, 5) is 19.0. The fourth-order valence-corrected chi connectivity index (χ4v) is 3.18. The molecule has 2 heterocycles. The predicted octanol–water partition coefficient (Wildman–Crippen LogP) is 1.68. The van der Waals surface area contributed by atoms with Gasteiger partial charge in [0.1, 0.15) is 0 Å². The first kappa shape index (κ1) is 14.3. The first-order chi connectivity index (χ1) is 9.17. The maximum Gasteiger partial charge on any atom is 0.217 e. The van der Waals surface area contributed by atoms with Crippen LogP contribution in [0.3, 0.4) is 0 Å². The number of carbonyl (C=O) groups is 1. The molecule has 6 heteroatoms. The summed E-state index contributed by atoms with van der Waals surface area (Å²) in [6, 6.07) is 0.308. The Morgan fingerprint density at radius 3 is 3.21 bits per heavy atom. The van der Waals surface area contributed by atoms with Crippen molar-refractivity contribution in [1.82, 2.24) is 15.2 Å². The Labute approximate surface area is 118 Å². The van der Waals surface area contributed by atoms with Crippen LogP contribution in [0.25, 0.3) is 0 Å². The van der Waals surface area contributed by atoms with Crippen molar-refractivity contribution < 1.29 is 4.79 Å². The van der Waals surface area contributed by atoms with Gasteiger partial charge in [0, 0.05) is 50.2 Å². The molecule has 1 atom stereocenters. The standard InChI is InChI=1S/C13H22N4OS/c1-3-5-14-13-15-7-12(19-13)9-17-6-4-11(8-17)16-10(2)18/h7,11H,3-6,8-9H2,1-2H3,(H,14,15)(H,16,18). The van der Waals surface area contributed by atoms with Crippen LogP contribution in [-0.4, -0.2) is 41.5 Å². The van der Waals surface area contributed by atoms with Gasteiger partial charge in [-0.3, -0.25) is 9.69 Å². The van der Waals surface area contributed by atoms with Gasteiger partial charge in [0.15, 0.2) is 5.13 Å². The zero-order valence-electron chi connectivity index (χ0n) is 11.6. The molecule has 0 radical (unpaired) electrons. The molecule has 1 aromatic rings. The Balaban J connectivity index is 1.78. The van der Waals surface area contributed by atoms with E-state index in [1.807, 2.05) is 6.20 Å². The van der Waals surface area contributed by atoms with Gasteiger partial charge in [0.05, 0.1) is 0 Å². The Morgan fingerprint density at radius 2 is 2.47 bits per heavy atom. The van der Waals surface area contributed by atoms with Crippen molar-refractivity contribution in [3.8, 4) is 0 Å². The summed E-state index contributed by atoms with van der Waals surface area (Å²) in [5.74, 6) is 0.0655. The van der Waals surface area contributed by atoms with E-state index in [0.717, 1.165) is 44.2 Å². The molecule has 1 aromatic heterocycles. The summed E-state index contributed by atoms with van der Waals surface area (Å²) in [5, 5.41) is 7.30. The van der Waals surface area contributed by atoms with E-state index in [-0.39, 0.29) is 5.91 Å². The lowest BCUT2D eigenvalue weighted by atomic mass is 10.3. The number of hydrogen-bond donors (Lipinski definition) is 2. The molecule has 0 spiro atoms. The molecule has 1 unspecified atom stereocenters. The molecule has 1 aliphatic rings. The lowest BCUT2D eigenvalue weighted by Gasteiger charge is -2.14. The van der Waals surface area contributed by atoms with Crippen molar-refractivity contribution in [3.63, 3.8) is 0 Å². The van der Waals surface area contributed by atoms with Crippen LogP contribution in [0, 0.1) is 0 Å². The Hall–Kier alpha value is -1.14. The fraction of sp³-hybridized carbons (Fsp3) is 0.692. The van der Waals surface area contributed by atoms with Gasteiger partial charge in [0.2, 0.25) is 5.91 Å². The van der Waals surface area contributed by atoms with Gasteiger partial charge in [0.25, 0.3) is 0 Å². The first-order valence-electron chi connectivity index (χ1n) is 6.85. The molecular weight excluding hydrogens is 260 g/mol. The molecule has 1 aliphatic heterocycles. The number of carbonyl (C=O) groups excluding carboxylic acids is 1. The number of rotatable bonds is 6. The molecule has 2 N–H and O–H groups in total. The van der Waals surface area contributed by atoms with Gasteiger partial charge >= 0.3 is 0 Å². The van der Waals surface area contributed by atoms with Crippen LogP contribution in [-0.2, 0) is 11.3 Å². The summed E-state index contributed by atoms with van der Waals surface area (Å²) in [5.41, 5.74) is 0. The minimum absolute atomic E-state index is 0.0655. The number of likely N-dealkylation sites (tertiary alicyclic amines) is 1. The first-order valence-corrected chi connectivity index (χ1v) is 7.67. The van der Waals surface area contributed by atoms with Crippen molar-refractivity contribution in [2.75, 3.05) is 25.0 Å². The molecule has 1 saturated heterocycles. The fourth-order valence-electron chi connectivity index (χ4n) is 2.30. The van der Waals surface area contributed by atoms with Gasteiger partial charge in [-0.05, 0) is 12.8 Å². The van der Waals surface area contributed by atoms with E-state index in [0.29, 0.717) is 6.04 Å². The van der Waals surface area contributed by atoms with E-state index in [9.17, 15) is 4.79 Å². The molecule has 1 fully saturated rings. The third-order valence-electron chi connectivity index (χ3n) is 3.14. The third kappa shape index (κ3) is 4.47. The smallest absolute Gasteiger partial charge is 0.217 e. The predicted molar refractivity (Wildman–Crippen MR) is 78.4 cm³/mol. The van der Waals surface area contributed by atoms with Crippen molar-refractivity contribution in [3.05, 3.63) is 11.1 Å². The normalized spacial score (nSPS) is 19.6. The number of amides is 1. The number of hydrogen-bond acceptors (Lipinski definition) is 5. The molecule has 0 bridgehead atoms. The molecule has 0 aromatic carbocycles. The molecule has 2 rings (SSSR count). The molecule has 0 saturated carbocycles. The second-order valence-corrected chi connectivity index (χ2v) is 6.09. The van der Waals surface area contributed by atoms with E-state index < -0.39 is 0 Å². The highest BCUT2D eigenvalue weighted by atomic mass is 32.1. The van der Waals surface area contributed by atoms with Crippen LogP contribution < -0.4 is 10.6 Å². The lowest BCUT2D eigenvalue weighted by Crippen LogP contribution is -2.35. The lowest BCUT2D eigenvalue weighted by molar-refractivity contribution is -0.119. The summed E-state index contributed by atoms with van der Waals surface area (Å²) in [6.45, 7) is 7.62. The summed E-state index contributed by atoms with van der Waals surface area (Å²) >= 11 is 1.72. The summed E-state index contributed by atoms with van der Waals surface area (Å²) < 4.78 is 0. The van der Waals surface area contributed by atoms with Gasteiger partial charge in [-0.15, -0.1) is 11.3 Å². The topological polar surface area (TPSA) is 57.3 Å². The maximum atomic E-state index is 11.0. The molecule has 106 valence electrons. The quantitative estimate of drug-likeness (QED) is 0.833. The van der Waals surface area contributed by atoms with Crippen LogP contribution >= 0.6 is 11.3 Å². The SMILES string of the molecule is CCCNc1ncc(CN2CCC(NC(C)=O)C2)s1. The molecule has 19 heavy (non-hydrogen) atoms. The monoisotopic (exact) mass is 282 g/mol. The van der Waals surface area contributed by atoms with Crippen molar-refractivity contribution in [2.45, 2.75) is 39.3 Å². The van der Waals surface area contributed by atoms with Crippen molar-refractivity contribution >= 4 is 22.4 Å². The highest BCUT2D eigenvalue weighted by molar-refractivity contribution is 7.15. The summed E-state index contributed by atoms with van der Waals surface area (Å²) in [6.07, 6.45) is 4.10. The van der Waals surface area contributed by atoms with E-state index in [4.69, 9.17) is 0 Å². The second kappa shape index (κ2) is 6.86. The maximum absolute atomic E-state index is 11.0. The van der Waals surface area contributed by atoms with Crippen molar-refractivity contribution in [2.24, 2.45) is 0 Å². The van der Waals surface area contributed by atoms with Gasteiger partial charge < -0.3 is 10.6 Å². The Kier molecular flexibility index (Phi) is 5.15. The molecule has 0 aliphatic carbocycles. The largest absolute Gasteiger partial charge is 0.362 e. The van der Waals surface area contributed by atoms with Crippen LogP contribution in [0.2, 0.25) is 0 Å². The Morgan fingerprint density at radius 1 is 1.63 bits per heavy atom. The highest BCUT2D eigenvalue weighted by Gasteiger charge is 2.23. The highest BCUT2D eigenvalue weighted by Crippen LogP contribution is 2.21. The molecule has 5 nitrogen and oxygen atoms in total. The van der Waals surface area contributed by atoms with E-state index >= 15 is 0 Å². The average Bonchev–Trinajstić information content (AvgIpc) is 2.96. The number of aromatic nitrogens is 1. The number of nitrogens with zero attached hydrogens (tertiary/aromatic N) is 2. The van der Waals surface area contributed by atoms with Gasteiger partial charge in [-0.25, -0.2) is 4.98 Å². The summed E-state index contributed by atoms with van der Waals surface area (Å²) in [7, 11) is 0. The minimum atomic E-state index is 0.0655. The van der Waals surface area contributed by atoms with Crippen LogP contribution in [0.5, 0.6) is 0 Å². The third-order valence-corrected chi connectivity index (χ3v) is 4.08. The van der Waals surface area contributed by atoms with Crippen molar-refractivity contribution in [1.29, 1.82) is 0 Å². The minimum Gasteiger partial charge on any atom is -0.362 e. The second-order valence-electron chi connectivity index (χ2n) is 4.98. The van der Waals surface area contributed by atoms with Gasteiger partial charge in [-0.2, -0.15) is 0 Å². The van der Waals surface area contributed by atoms with E-state index in [1.165, 1.54) is 4.88 Å². The average molecular weight is 282 g/mol. The number of anilines is 1. The zero-order valence-corrected chi connectivity index (χ0v) is 12.4. The molecular formula is C13H22N4OS. The zero-order chi connectivity index (χ0) is 13.7. The molecule has 1 amide bonds. The Bertz CT molecular complexity index is 421. The van der Waals surface area contributed by atoms with Crippen LogP contribution in [0.15, 0.2) is 6.20 Å².